The van der Waals surface area contributed by atoms with Gasteiger partial charge in [0.25, 0.3) is 0 Å². The van der Waals surface area contributed by atoms with Crippen molar-refractivity contribution in [3.63, 3.8) is 0 Å². The van der Waals surface area contributed by atoms with E-state index in [4.69, 9.17) is 0 Å². The molecule has 0 aliphatic heterocycles. The number of hydrogen-bond acceptors (Lipinski definition) is 6. The molecule has 0 spiro atoms. The molecule has 1 aliphatic rings. The number of esters is 1. The minimum atomic E-state index is -0.412. The molecule has 7 nitrogen and oxygen atoms in total. The quantitative estimate of drug-likeness (QED) is 0.474. The van der Waals surface area contributed by atoms with Crippen molar-refractivity contribution in [3.8, 4) is 5.69 Å². The molecule has 1 aliphatic carbocycles. The Balaban J connectivity index is 1.43. The van der Waals surface area contributed by atoms with Gasteiger partial charge in [-0.1, -0.05) is 30.0 Å². The third-order valence-electron chi connectivity index (χ3n) is 4.54. The molecule has 4 rings (SSSR count). The van der Waals surface area contributed by atoms with Gasteiger partial charge < -0.3 is 10.1 Å². The van der Waals surface area contributed by atoms with Gasteiger partial charge in [-0.2, -0.15) is 0 Å². The van der Waals surface area contributed by atoms with Crippen molar-refractivity contribution in [2.24, 2.45) is 0 Å². The second kappa shape index (κ2) is 8.48. The summed E-state index contributed by atoms with van der Waals surface area (Å²) in [5.74, 6) is 1.03. The predicted octanol–water partition coefficient (Wildman–Crippen LogP) is 3.66. The Morgan fingerprint density at radius 1 is 1.10 bits per heavy atom. The maximum Gasteiger partial charge on any atom is 0.337 e. The number of nitrogens with zero attached hydrogens (tertiary/aromatic N) is 3. The summed E-state index contributed by atoms with van der Waals surface area (Å²) in [6.45, 7) is 0. The molecule has 148 valence electrons. The zero-order valence-electron chi connectivity index (χ0n) is 15.9. The van der Waals surface area contributed by atoms with E-state index in [-0.39, 0.29) is 11.7 Å². The van der Waals surface area contributed by atoms with Gasteiger partial charge in [0.05, 0.1) is 18.4 Å². The van der Waals surface area contributed by atoms with Crippen LogP contribution in [0.2, 0.25) is 0 Å². The first-order valence-corrected chi connectivity index (χ1v) is 10.3. The van der Waals surface area contributed by atoms with Gasteiger partial charge in [0.1, 0.15) is 5.82 Å². The molecule has 29 heavy (non-hydrogen) atoms. The zero-order chi connectivity index (χ0) is 20.2. The SMILES string of the molecule is COC(=O)c1ccc(NC(=O)CSc2nnc(C3CC3)n2-c2ccccc2)cc1. The zero-order valence-corrected chi connectivity index (χ0v) is 16.7. The summed E-state index contributed by atoms with van der Waals surface area (Å²) >= 11 is 1.35. The van der Waals surface area contributed by atoms with Crippen LogP contribution in [-0.2, 0) is 9.53 Å². The summed E-state index contributed by atoms with van der Waals surface area (Å²) in [5, 5.41) is 12.2. The van der Waals surface area contributed by atoms with Crippen LogP contribution in [0, 0.1) is 0 Å². The summed E-state index contributed by atoms with van der Waals surface area (Å²) in [6.07, 6.45) is 2.25. The highest BCUT2D eigenvalue weighted by molar-refractivity contribution is 7.99. The number of hydrogen-bond donors (Lipinski definition) is 1. The standard InChI is InChI=1S/C21H20N4O3S/c1-28-20(27)15-9-11-16(12-10-15)22-18(26)13-29-21-24-23-19(14-7-8-14)25(21)17-5-3-2-4-6-17/h2-6,9-12,14H,7-8,13H2,1H3,(H,22,26). The average Bonchev–Trinajstić information content (AvgIpc) is 3.52. The molecule has 0 bridgehead atoms. The van der Waals surface area contributed by atoms with Crippen molar-refractivity contribution in [2.75, 3.05) is 18.2 Å². The monoisotopic (exact) mass is 408 g/mol. The summed E-state index contributed by atoms with van der Waals surface area (Å²) in [7, 11) is 1.33. The van der Waals surface area contributed by atoms with Crippen molar-refractivity contribution in [3.05, 3.63) is 66.0 Å². The molecule has 1 fully saturated rings. The van der Waals surface area contributed by atoms with Gasteiger partial charge in [0.15, 0.2) is 5.16 Å². The molecule has 0 radical (unpaired) electrons. The summed E-state index contributed by atoms with van der Waals surface area (Å²) < 4.78 is 6.71. The number of para-hydroxylation sites is 1. The molecule has 3 aromatic rings. The van der Waals surface area contributed by atoms with E-state index in [0.29, 0.717) is 22.3 Å². The van der Waals surface area contributed by atoms with Crippen molar-refractivity contribution < 1.29 is 14.3 Å². The van der Waals surface area contributed by atoms with E-state index < -0.39 is 5.97 Å². The van der Waals surface area contributed by atoms with Crippen LogP contribution in [0.5, 0.6) is 0 Å². The second-order valence-corrected chi connectivity index (χ2v) is 7.63. The van der Waals surface area contributed by atoms with Gasteiger partial charge in [-0.05, 0) is 49.2 Å². The number of aromatic nitrogens is 3. The number of carbonyl (C=O) groups is 2. The topological polar surface area (TPSA) is 86.1 Å². The van der Waals surface area contributed by atoms with Gasteiger partial charge >= 0.3 is 5.97 Å². The van der Waals surface area contributed by atoms with Gasteiger partial charge in [-0.15, -0.1) is 10.2 Å². The van der Waals surface area contributed by atoms with Gasteiger partial charge in [-0.25, -0.2) is 4.79 Å². The highest BCUT2D eigenvalue weighted by Gasteiger charge is 2.31. The Hall–Kier alpha value is -3.13. The molecule has 8 heteroatoms. The lowest BCUT2D eigenvalue weighted by molar-refractivity contribution is -0.113. The van der Waals surface area contributed by atoms with E-state index in [1.165, 1.54) is 18.9 Å². The Morgan fingerprint density at radius 3 is 2.48 bits per heavy atom. The first-order valence-electron chi connectivity index (χ1n) is 9.27. The third kappa shape index (κ3) is 4.48. The van der Waals surface area contributed by atoms with Crippen molar-refractivity contribution >= 4 is 29.3 Å². The summed E-state index contributed by atoms with van der Waals surface area (Å²) in [5.41, 5.74) is 2.05. The number of benzene rings is 2. The molecule has 0 unspecified atom stereocenters. The van der Waals surface area contributed by atoms with Crippen LogP contribution in [0.15, 0.2) is 59.8 Å². The number of methoxy groups -OCH3 is 1. The van der Waals surface area contributed by atoms with Crippen LogP contribution in [0.4, 0.5) is 5.69 Å². The highest BCUT2D eigenvalue weighted by Crippen LogP contribution is 2.41. The molecule has 2 aromatic carbocycles. The van der Waals surface area contributed by atoms with E-state index in [1.54, 1.807) is 24.3 Å². The van der Waals surface area contributed by atoms with Crippen molar-refractivity contribution in [1.29, 1.82) is 0 Å². The summed E-state index contributed by atoms with van der Waals surface area (Å²) in [6, 6.07) is 16.5. The number of thioether (sulfide) groups is 1. The molecule has 0 atom stereocenters. The van der Waals surface area contributed by atoms with Crippen molar-refractivity contribution in [1.82, 2.24) is 14.8 Å². The largest absolute Gasteiger partial charge is 0.465 e. The van der Waals surface area contributed by atoms with Gasteiger partial charge in [0.2, 0.25) is 5.91 Å². The lowest BCUT2D eigenvalue weighted by Crippen LogP contribution is -2.15. The lowest BCUT2D eigenvalue weighted by atomic mass is 10.2. The first-order chi connectivity index (χ1) is 14.2. The minimum Gasteiger partial charge on any atom is -0.465 e. The fourth-order valence-electron chi connectivity index (χ4n) is 2.94. The first kappa shape index (κ1) is 19.2. The van der Waals surface area contributed by atoms with E-state index in [0.717, 1.165) is 24.4 Å². The number of anilines is 1. The van der Waals surface area contributed by atoms with Gasteiger partial charge in [0, 0.05) is 17.3 Å². The Kier molecular flexibility index (Phi) is 5.62. The molecule has 1 heterocycles. The molecular weight excluding hydrogens is 388 g/mol. The summed E-state index contributed by atoms with van der Waals surface area (Å²) in [4.78, 5) is 23.9. The predicted molar refractivity (Wildman–Crippen MR) is 110 cm³/mol. The van der Waals surface area contributed by atoms with Crippen LogP contribution < -0.4 is 5.32 Å². The molecule has 0 saturated heterocycles. The van der Waals surface area contributed by atoms with Crippen LogP contribution in [0.1, 0.15) is 34.9 Å². The molecule has 1 saturated carbocycles. The normalized spacial score (nSPS) is 13.1. The van der Waals surface area contributed by atoms with Crippen LogP contribution in [-0.4, -0.2) is 39.5 Å². The number of amides is 1. The number of carbonyl (C=O) groups excluding carboxylic acids is 2. The van der Waals surface area contributed by atoms with E-state index in [1.807, 2.05) is 34.9 Å². The minimum absolute atomic E-state index is 0.156. The Labute approximate surface area is 172 Å². The van der Waals surface area contributed by atoms with E-state index >= 15 is 0 Å². The fourth-order valence-corrected chi connectivity index (χ4v) is 3.69. The Bertz CT molecular complexity index is 1010. The highest BCUT2D eigenvalue weighted by atomic mass is 32.2. The maximum absolute atomic E-state index is 12.4. The molecule has 1 aromatic heterocycles. The number of rotatable bonds is 7. The number of ether oxygens (including phenoxy) is 1. The lowest BCUT2D eigenvalue weighted by Gasteiger charge is -2.10. The second-order valence-electron chi connectivity index (χ2n) is 6.69. The van der Waals surface area contributed by atoms with Crippen molar-refractivity contribution in [2.45, 2.75) is 23.9 Å². The van der Waals surface area contributed by atoms with Crippen LogP contribution >= 0.6 is 11.8 Å². The smallest absolute Gasteiger partial charge is 0.337 e. The third-order valence-corrected chi connectivity index (χ3v) is 5.47. The van der Waals surface area contributed by atoms with Gasteiger partial charge in [-0.3, -0.25) is 9.36 Å². The molecular formula is C21H20N4O3S. The van der Waals surface area contributed by atoms with E-state index in [2.05, 4.69) is 20.3 Å². The van der Waals surface area contributed by atoms with Crippen LogP contribution in [0.3, 0.4) is 0 Å². The average molecular weight is 408 g/mol. The van der Waals surface area contributed by atoms with E-state index in [9.17, 15) is 9.59 Å². The molecule has 1 N–H and O–H groups in total. The maximum atomic E-state index is 12.4. The molecule has 1 amide bonds. The Morgan fingerprint density at radius 2 is 1.83 bits per heavy atom. The fraction of sp³-hybridized carbons (Fsp3) is 0.238. The van der Waals surface area contributed by atoms with Crippen LogP contribution in [0.25, 0.3) is 5.69 Å². The number of nitrogens with one attached hydrogen (secondary N) is 1.